The Morgan fingerprint density at radius 1 is 0.375 bits per heavy atom. The molecule has 8 aromatic carbocycles. The number of aromatic nitrogens is 5. The van der Waals surface area contributed by atoms with Gasteiger partial charge in [-0.2, -0.15) is 9.97 Å². The van der Waals surface area contributed by atoms with Crippen molar-refractivity contribution in [1.29, 1.82) is 0 Å². The van der Waals surface area contributed by atoms with Gasteiger partial charge in [-0.25, -0.2) is 9.97 Å². The largest absolute Gasteiger partial charge is 0.456 e. The molecule has 4 heterocycles. The summed E-state index contributed by atoms with van der Waals surface area (Å²) in [5.74, 6) is 1.81. The molecule has 0 saturated carbocycles. The zero-order valence-electron chi connectivity index (χ0n) is 29.9. The fourth-order valence-corrected chi connectivity index (χ4v) is 8.36. The van der Waals surface area contributed by atoms with Gasteiger partial charge in [-0.05, 0) is 70.9 Å². The van der Waals surface area contributed by atoms with Crippen molar-refractivity contribution in [3.63, 3.8) is 0 Å². The summed E-state index contributed by atoms with van der Waals surface area (Å²) >= 11 is 0. The fraction of sp³-hybridized carbons (Fsp3) is 0. The molecule has 0 spiro atoms. The van der Waals surface area contributed by atoms with E-state index >= 15 is 0 Å². The molecule has 56 heavy (non-hydrogen) atoms. The molecule has 4 aromatic heterocycles. The van der Waals surface area contributed by atoms with Gasteiger partial charge in [-0.15, -0.1) is 0 Å². The third kappa shape index (κ3) is 4.69. The highest BCUT2D eigenvalue weighted by Gasteiger charge is 2.20. The second-order valence-corrected chi connectivity index (χ2v) is 14.3. The Hall–Kier alpha value is -7.70. The van der Waals surface area contributed by atoms with Crippen molar-refractivity contribution in [3.05, 3.63) is 176 Å². The maximum absolute atomic E-state index is 6.38. The molecule has 0 aliphatic carbocycles. The molecule has 0 unspecified atom stereocenters. The highest BCUT2D eigenvalue weighted by Crippen LogP contribution is 2.41. The quantitative estimate of drug-likeness (QED) is 0.134. The van der Waals surface area contributed by atoms with Crippen LogP contribution in [-0.2, 0) is 0 Å². The lowest BCUT2D eigenvalue weighted by molar-refractivity contribution is 0.669. The van der Waals surface area contributed by atoms with Gasteiger partial charge in [-0.3, -0.25) is 4.57 Å². The Bertz CT molecular complexity index is 3480. The van der Waals surface area contributed by atoms with Crippen LogP contribution in [0.1, 0.15) is 0 Å². The Balaban J connectivity index is 1.12. The Kier molecular flexibility index (Phi) is 6.53. The van der Waals surface area contributed by atoms with Crippen LogP contribution in [-0.4, -0.2) is 24.5 Å². The highest BCUT2D eigenvalue weighted by molar-refractivity contribution is 6.20. The van der Waals surface area contributed by atoms with Gasteiger partial charge in [-0.1, -0.05) is 121 Å². The van der Waals surface area contributed by atoms with E-state index in [0.717, 1.165) is 98.6 Å². The van der Waals surface area contributed by atoms with Crippen LogP contribution in [0.4, 0.5) is 0 Å². The monoisotopic (exact) mass is 715 g/mol. The van der Waals surface area contributed by atoms with Crippen LogP contribution in [0.25, 0.3) is 116 Å². The van der Waals surface area contributed by atoms with E-state index in [9.17, 15) is 0 Å². The second-order valence-electron chi connectivity index (χ2n) is 14.3. The van der Waals surface area contributed by atoms with Crippen LogP contribution in [0.15, 0.2) is 180 Å². The Morgan fingerprint density at radius 2 is 1.05 bits per heavy atom. The van der Waals surface area contributed by atoms with Crippen molar-refractivity contribution in [2.75, 3.05) is 0 Å². The molecule has 0 fully saturated rings. The normalized spacial score (nSPS) is 11.9. The van der Waals surface area contributed by atoms with Gasteiger partial charge >= 0.3 is 0 Å². The first kappa shape index (κ1) is 30.7. The summed E-state index contributed by atoms with van der Waals surface area (Å²) in [4.78, 5) is 20.5. The molecule has 0 bridgehead atoms. The van der Waals surface area contributed by atoms with E-state index < -0.39 is 0 Å². The third-order valence-electron chi connectivity index (χ3n) is 11.0. The smallest absolute Gasteiger partial charge is 0.238 e. The second kappa shape index (κ2) is 11.9. The lowest BCUT2D eigenvalue weighted by Gasteiger charge is -2.13. The van der Waals surface area contributed by atoms with Gasteiger partial charge in [0.1, 0.15) is 11.2 Å². The average Bonchev–Trinajstić information content (AvgIpc) is 3.80. The first-order valence-corrected chi connectivity index (χ1v) is 18.7. The SMILES string of the molecule is c1ccc(-c2nc(-c3ccccc3)nc(-n3c4ccccc4c4cc(-c5cc6cc7oc8ccccc8c7cc6c6cc7ccccc7nc56)ccc43)n2)cc1. The van der Waals surface area contributed by atoms with Crippen LogP contribution in [0.5, 0.6) is 0 Å². The zero-order chi connectivity index (χ0) is 36.7. The first-order valence-electron chi connectivity index (χ1n) is 18.7. The van der Waals surface area contributed by atoms with Gasteiger partial charge in [0.05, 0.1) is 22.1 Å². The van der Waals surface area contributed by atoms with Crippen LogP contribution in [0, 0.1) is 0 Å². The van der Waals surface area contributed by atoms with Crippen molar-refractivity contribution in [3.8, 4) is 39.9 Å². The molecular formula is C50H29N5O. The Morgan fingerprint density at radius 3 is 1.86 bits per heavy atom. The molecule has 0 saturated heterocycles. The highest BCUT2D eigenvalue weighted by atomic mass is 16.3. The lowest BCUT2D eigenvalue weighted by Crippen LogP contribution is -2.06. The Labute approximate surface area is 320 Å². The molecule has 0 N–H and O–H groups in total. The minimum Gasteiger partial charge on any atom is -0.456 e. The number of hydrogen-bond acceptors (Lipinski definition) is 5. The van der Waals surface area contributed by atoms with Crippen molar-refractivity contribution >= 4 is 76.3 Å². The summed E-state index contributed by atoms with van der Waals surface area (Å²) in [6.07, 6.45) is 0. The fourth-order valence-electron chi connectivity index (χ4n) is 8.36. The van der Waals surface area contributed by atoms with E-state index in [1.165, 1.54) is 0 Å². The molecule has 0 amide bonds. The topological polar surface area (TPSA) is 69.6 Å². The molecule has 6 heteroatoms. The summed E-state index contributed by atoms with van der Waals surface area (Å²) in [5.41, 5.74) is 9.71. The predicted octanol–water partition coefficient (Wildman–Crippen LogP) is 12.7. The van der Waals surface area contributed by atoms with E-state index in [2.05, 4.69) is 108 Å². The molecular weight excluding hydrogens is 687 g/mol. The molecule has 12 rings (SSSR count). The number of fused-ring (bicyclic) bond motifs is 10. The van der Waals surface area contributed by atoms with E-state index in [0.29, 0.717) is 17.6 Å². The summed E-state index contributed by atoms with van der Waals surface area (Å²) in [6, 6.07) is 61.0. The van der Waals surface area contributed by atoms with Crippen molar-refractivity contribution in [1.82, 2.24) is 24.5 Å². The number of benzene rings is 8. The van der Waals surface area contributed by atoms with Crippen LogP contribution in [0.3, 0.4) is 0 Å². The van der Waals surface area contributed by atoms with Gasteiger partial charge in [0.25, 0.3) is 0 Å². The first-order chi connectivity index (χ1) is 27.7. The van der Waals surface area contributed by atoms with E-state index in [1.54, 1.807) is 0 Å². The summed E-state index contributed by atoms with van der Waals surface area (Å²) < 4.78 is 8.54. The number of para-hydroxylation sites is 3. The van der Waals surface area contributed by atoms with Crippen LogP contribution in [0.2, 0.25) is 0 Å². The molecule has 6 nitrogen and oxygen atoms in total. The zero-order valence-corrected chi connectivity index (χ0v) is 29.9. The molecule has 0 radical (unpaired) electrons. The minimum atomic E-state index is 0.566. The van der Waals surface area contributed by atoms with Crippen molar-refractivity contribution < 1.29 is 4.42 Å². The number of furan rings is 1. The molecule has 0 aliphatic heterocycles. The van der Waals surface area contributed by atoms with E-state index in [1.807, 2.05) is 72.8 Å². The molecule has 0 atom stereocenters. The summed E-state index contributed by atoms with van der Waals surface area (Å²) in [6.45, 7) is 0. The summed E-state index contributed by atoms with van der Waals surface area (Å²) in [5, 5.41) is 8.90. The number of pyridine rings is 1. The number of nitrogens with zero attached hydrogens (tertiary/aromatic N) is 5. The molecule has 12 aromatic rings. The third-order valence-corrected chi connectivity index (χ3v) is 11.0. The molecule has 260 valence electrons. The van der Waals surface area contributed by atoms with E-state index in [-0.39, 0.29) is 0 Å². The van der Waals surface area contributed by atoms with Crippen molar-refractivity contribution in [2.24, 2.45) is 0 Å². The van der Waals surface area contributed by atoms with Gasteiger partial charge in [0.2, 0.25) is 5.95 Å². The van der Waals surface area contributed by atoms with E-state index in [4.69, 9.17) is 24.4 Å². The van der Waals surface area contributed by atoms with Crippen LogP contribution >= 0.6 is 0 Å². The maximum atomic E-state index is 6.38. The average molecular weight is 716 g/mol. The maximum Gasteiger partial charge on any atom is 0.238 e. The summed E-state index contributed by atoms with van der Waals surface area (Å²) in [7, 11) is 0. The number of rotatable bonds is 4. The minimum absolute atomic E-state index is 0.566. The van der Waals surface area contributed by atoms with Crippen LogP contribution < -0.4 is 0 Å². The standard InChI is InChI=1S/C50H29N5O/c1-3-13-30(14-4-1)48-52-49(31-15-5-2-6-16-31)54-50(53-48)55-43-21-11-8-18-35(43)39-25-32(23-24-44(39)55)38-27-34-28-46-40(36-19-9-12-22-45(36)56-46)29-37(34)41-26-33-17-7-10-20-42(33)51-47(38)41/h1-29H. The number of hydrogen-bond donors (Lipinski definition) is 0. The van der Waals surface area contributed by atoms with Gasteiger partial charge in [0, 0.05) is 49.0 Å². The predicted molar refractivity (Wildman–Crippen MR) is 228 cm³/mol. The lowest BCUT2D eigenvalue weighted by atomic mass is 9.93. The molecule has 0 aliphatic rings. The van der Waals surface area contributed by atoms with Gasteiger partial charge < -0.3 is 4.42 Å². The van der Waals surface area contributed by atoms with Crippen molar-refractivity contribution in [2.45, 2.75) is 0 Å². The van der Waals surface area contributed by atoms with Gasteiger partial charge in [0.15, 0.2) is 11.6 Å².